The molecule has 0 bridgehead atoms. The first-order valence-corrected chi connectivity index (χ1v) is 8.18. The van der Waals surface area contributed by atoms with Crippen molar-refractivity contribution in [1.29, 1.82) is 0 Å². The third kappa shape index (κ3) is 6.55. The van der Waals surface area contributed by atoms with Crippen LogP contribution in [0.3, 0.4) is 0 Å². The lowest BCUT2D eigenvalue weighted by Crippen LogP contribution is -2.38. The maximum atomic E-state index is 12.0. The van der Waals surface area contributed by atoms with Gasteiger partial charge in [0.15, 0.2) is 0 Å². The van der Waals surface area contributed by atoms with Gasteiger partial charge in [0.25, 0.3) is 0 Å². The lowest BCUT2D eigenvalue weighted by molar-refractivity contribution is -0.175. The summed E-state index contributed by atoms with van der Waals surface area (Å²) >= 11 is 0. The molecular formula is C17H23F3N2O3. The lowest BCUT2D eigenvalue weighted by Gasteiger charge is -2.28. The van der Waals surface area contributed by atoms with Crippen LogP contribution >= 0.6 is 0 Å². The van der Waals surface area contributed by atoms with Crippen LogP contribution in [0.2, 0.25) is 0 Å². The first kappa shape index (κ1) is 19.5. The summed E-state index contributed by atoms with van der Waals surface area (Å²) in [6, 6.07) is 7.56. The van der Waals surface area contributed by atoms with Gasteiger partial charge >= 0.3 is 6.18 Å². The number of benzene rings is 1. The van der Waals surface area contributed by atoms with Crippen molar-refractivity contribution in [1.82, 2.24) is 10.2 Å². The smallest absolute Gasteiger partial charge is 0.411 e. The van der Waals surface area contributed by atoms with Crippen molar-refractivity contribution < 1.29 is 27.4 Å². The zero-order valence-electron chi connectivity index (χ0n) is 14.1. The quantitative estimate of drug-likeness (QED) is 0.774. The maximum Gasteiger partial charge on any atom is 0.411 e. The third-order valence-electron chi connectivity index (χ3n) is 4.07. The van der Waals surface area contributed by atoms with Crippen molar-refractivity contribution in [2.75, 3.05) is 40.0 Å². The molecule has 1 fully saturated rings. The molecule has 0 saturated carbocycles. The van der Waals surface area contributed by atoms with Gasteiger partial charge in [-0.1, -0.05) is 12.1 Å². The number of nitrogens with one attached hydrogen (secondary N) is 1. The fraction of sp³-hybridized carbons (Fsp3) is 0.588. The minimum Gasteiger partial charge on any atom is -0.497 e. The Hall–Kier alpha value is -1.80. The third-order valence-corrected chi connectivity index (χ3v) is 4.07. The van der Waals surface area contributed by atoms with Crippen molar-refractivity contribution in [3.8, 4) is 5.75 Å². The highest BCUT2D eigenvalue weighted by molar-refractivity contribution is 5.77. The Bertz CT molecular complexity index is 543. The minimum atomic E-state index is -4.43. The van der Waals surface area contributed by atoms with Gasteiger partial charge in [-0.3, -0.25) is 9.69 Å². The zero-order valence-corrected chi connectivity index (χ0v) is 14.1. The molecule has 1 unspecified atom stereocenters. The molecule has 2 rings (SSSR count). The van der Waals surface area contributed by atoms with E-state index in [1.54, 1.807) is 7.11 Å². The van der Waals surface area contributed by atoms with Crippen molar-refractivity contribution in [3.05, 3.63) is 29.8 Å². The number of methoxy groups -OCH3 is 1. The highest BCUT2D eigenvalue weighted by Crippen LogP contribution is 2.26. The van der Waals surface area contributed by atoms with Gasteiger partial charge in [-0.05, 0) is 43.6 Å². The molecule has 1 heterocycles. The van der Waals surface area contributed by atoms with Crippen LogP contribution in [0, 0.1) is 0 Å². The highest BCUT2D eigenvalue weighted by Gasteiger charge is 2.28. The predicted octanol–water partition coefficient (Wildman–Crippen LogP) is 2.53. The van der Waals surface area contributed by atoms with E-state index in [1.165, 1.54) is 0 Å². The van der Waals surface area contributed by atoms with Crippen molar-refractivity contribution in [2.24, 2.45) is 0 Å². The minimum absolute atomic E-state index is 0.0278. The number of hydrogen-bond donors (Lipinski definition) is 1. The second-order valence-electron chi connectivity index (χ2n) is 5.94. The van der Waals surface area contributed by atoms with Crippen LogP contribution in [0.4, 0.5) is 13.2 Å². The maximum absolute atomic E-state index is 12.0. The highest BCUT2D eigenvalue weighted by atomic mass is 19.4. The molecule has 1 N–H and O–H groups in total. The molecule has 5 nitrogen and oxygen atoms in total. The van der Waals surface area contributed by atoms with E-state index in [0.29, 0.717) is 6.54 Å². The van der Waals surface area contributed by atoms with E-state index in [2.05, 4.69) is 15.0 Å². The number of likely N-dealkylation sites (tertiary alicyclic amines) is 1. The number of alkyl halides is 3. The predicted molar refractivity (Wildman–Crippen MR) is 86.4 cm³/mol. The van der Waals surface area contributed by atoms with Gasteiger partial charge in [-0.2, -0.15) is 13.2 Å². The van der Waals surface area contributed by atoms with Crippen LogP contribution in [0.5, 0.6) is 5.75 Å². The molecule has 1 aliphatic rings. The molecule has 0 aromatic heterocycles. The van der Waals surface area contributed by atoms with Gasteiger partial charge < -0.3 is 14.8 Å². The molecular weight excluding hydrogens is 337 g/mol. The summed E-state index contributed by atoms with van der Waals surface area (Å²) in [5.41, 5.74) is 1.03. The second-order valence-corrected chi connectivity index (χ2v) is 5.94. The molecule has 8 heteroatoms. The Morgan fingerprint density at radius 3 is 2.44 bits per heavy atom. The van der Waals surface area contributed by atoms with E-state index in [0.717, 1.165) is 37.2 Å². The number of halogens is 3. The van der Waals surface area contributed by atoms with Crippen LogP contribution in [0.15, 0.2) is 24.3 Å². The normalized spacial score (nSPS) is 16.6. The summed E-state index contributed by atoms with van der Waals surface area (Å²) in [5, 5.41) is 2.67. The van der Waals surface area contributed by atoms with E-state index in [-0.39, 0.29) is 6.04 Å². The summed E-state index contributed by atoms with van der Waals surface area (Å²) in [4.78, 5) is 14.0. The number of nitrogens with zero attached hydrogens (tertiary/aromatic N) is 1. The van der Waals surface area contributed by atoms with Crippen LogP contribution in [-0.4, -0.2) is 56.9 Å². The number of ether oxygens (including phenoxy) is 2. The largest absolute Gasteiger partial charge is 0.497 e. The SMILES string of the molecule is COc1ccc(C(CNC(=O)COCC(F)(F)F)N2CCCC2)cc1. The van der Waals surface area contributed by atoms with Gasteiger partial charge in [-0.25, -0.2) is 0 Å². The molecule has 0 spiro atoms. The molecule has 25 heavy (non-hydrogen) atoms. The van der Waals surface area contributed by atoms with Crippen molar-refractivity contribution >= 4 is 5.91 Å². The fourth-order valence-electron chi connectivity index (χ4n) is 2.86. The number of carbonyl (C=O) groups is 1. The summed E-state index contributed by atoms with van der Waals surface area (Å²) in [7, 11) is 1.59. The molecule has 1 aromatic rings. The fourth-order valence-corrected chi connectivity index (χ4v) is 2.86. The van der Waals surface area contributed by atoms with Crippen LogP contribution in [0.1, 0.15) is 24.4 Å². The first-order chi connectivity index (χ1) is 11.9. The van der Waals surface area contributed by atoms with Gasteiger partial charge in [0.05, 0.1) is 13.2 Å². The Morgan fingerprint density at radius 2 is 1.88 bits per heavy atom. The number of carbonyl (C=O) groups excluding carboxylic acids is 1. The number of hydrogen-bond acceptors (Lipinski definition) is 4. The van der Waals surface area contributed by atoms with E-state index in [9.17, 15) is 18.0 Å². The van der Waals surface area contributed by atoms with E-state index in [1.807, 2.05) is 24.3 Å². The summed E-state index contributed by atoms with van der Waals surface area (Å²) < 4.78 is 45.6. The Labute approximate surface area is 145 Å². The van der Waals surface area contributed by atoms with Crippen LogP contribution in [0.25, 0.3) is 0 Å². The Balaban J connectivity index is 1.91. The molecule has 1 aliphatic heterocycles. The topological polar surface area (TPSA) is 50.8 Å². The van der Waals surface area contributed by atoms with Crippen molar-refractivity contribution in [3.63, 3.8) is 0 Å². The van der Waals surface area contributed by atoms with E-state index in [4.69, 9.17) is 4.74 Å². The number of amides is 1. The van der Waals surface area contributed by atoms with E-state index < -0.39 is 25.3 Å². The van der Waals surface area contributed by atoms with Crippen molar-refractivity contribution in [2.45, 2.75) is 25.1 Å². The van der Waals surface area contributed by atoms with E-state index >= 15 is 0 Å². The Morgan fingerprint density at radius 1 is 1.24 bits per heavy atom. The average molecular weight is 360 g/mol. The first-order valence-electron chi connectivity index (χ1n) is 8.18. The Kier molecular flexibility index (Phi) is 7.07. The average Bonchev–Trinajstić information content (AvgIpc) is 3.09. The monoisotopic (exact) mass is 360 g/mol. The molecule has 1 aromatic carbocycles. The van der Waals surface area contributed by atoms with Gasteiger partial charge in [0, 0.05) is 6.54 Å². The second kappa shape index (κ2) is 9.05. The van der Waals surface area contributed by atoms with Crippen LogP contribution in [-0.2, 0) is 9.53 Å². The lowest BCUT2D eigenvalue weighted by atomic mass is 10.1. The standard InChI is InChI=1S/C17H23F3N2O3/c1-24-14-6-4-13(5-7-14)15(22-8-2-3-9-22)10-21-16(23)11-25-12-17(18,19)20/h4-7,15H,2-3,8-12H2,1H3,(H,21,23). The van der Waals surface area contributed by atoms with Gasteiger partial charge in [0.2, 0.25) is 5.91 Å². The van der Waals surface area contributed by atoms with Gasteiger partial charge in [-0.15, -0.1) is 0 Å². The summed E-state index contributed by atoms with van der Waals surface area (Å²) in [6.45, 7) is 0.151. The number of rotatable bonds is 8. The molecule has 1 amide bonds. The molecule has 0 aliphatic carbocycles. The molecule has 1 atom stereocenters. The summed E-state index contributed by atoms with van der Waals surface area (Å²) in [5.74, 6) is 0.190. The molecule has 0 radical (unpaired) electrons. The summed E-state index contributed by atoms with van der Waals surface area (Å²) in [6.07, 6.45) is -2.24. The molecule has 1 saturated heterocycles. The zero-order chi connectivity index (χ0) is 18.3. The van der Waals surface area contributed by atoms with Gasteiger partial charge in [0.1, 0.15) is 19.0 Å². The molecule has 140 valence electrons. The van der Waals surface area contributed by atoms with Crippen LogP contribution < -0.4 is 10.1 Å².